The van der Waals surface area contributed by atoms with Gasteiger partial charge in [0.2, 0.25) is 11.5 Å². The van der Waals surface area contributed by atoms with E-state index in [0.717, 1.165) is 4.90 Å². The number of hydrogen-bond donors (Lipinski definition) is 1. The Balaban J connectivity index is 1.70. The first-order valence-corrected chi connectivity index (χ1v) is 6.50. The monoisotopic (exact) mass is 293 g/mol. The van der Waals surface area contributed by atoms with E-state index < -0.39 is 0 Å². The van der Waals surface area contributed by atoms with Crippen LogP contribution in [0.4, 0.5) is 10.2 Å². The number of rotatable bonds is 4. The molecule has 9 heteroatoms. The van der Waals surface area contributed by atoms with Crippen molar-refractivity contribution in [1.82, 2.24) is 20.5 Å². The smallest absolute Gasteiger partial charge is 0.284 e. The van der Waals surface area contributed by atoms with Crippen LogP contribution in [0.5, 0.6) is 0 Å². The van der Waals surface area contributed by atoms with E-state index in [9.17, 15) is 4.39 Å². The average molecular weight is 293 g/mol. The van der Waals surface area contributed by atoms with Gasteiger partial charge in [0.05, 0.1) is 5.75 Å². The molecule has 0 saturated heterocycles. The Labute approximate surface area is 116 Å². The van der Waals surface area contributed by atoms with Crippen LogP contribution in [0.15, 0.2) is 38.3 Å². The van der Waals surface area contributed by atoms with Crippen LogP contribution in [0.1, 0.15) is 5.82 Å². The van der Waals surface area contributed by atoms with E-state index >= 15 is 0 Å². The highest BCUT2D eigenvalue weighted by Gasteiger charge is 2.17. The van der Waals surface area contributed by atoms with Crippen molar-refractivity contribution in [2.75, 3.05) is 5.73 Å². The molecule has 0 aliphatic heterocycles. The maximum atomic E-state index is 13.0. The summed E-state index contributed by atoms with van der Waals surface area (Å²) in [5, 5.41) is 10.8. The van der Waals surface area contributed by atoms with E-state index in [-0.39, 0.29) is 23.2 Å². The van der Waals surface area contributed by atoms with Gasteiger partial charge in [-0.05, 0) is 28.5 Å². The fourth-order valence-corrected chi connectivity index (χ4v) is 2.24. The summed E-state index contributed by atoms with van der Waals surface area (Å²) in [6.07, 6.45) is 0. The van der Waals surface area contributed by atoms with Crippen molar-refractivity contribution in [3.63, 3.8) is 0 Å². The normalized spacial score (nSPS) is 10.8. The molecule has 1 aromatic carbocycles. The predicted molar refractivity (Wildman–Crippen MR) is 68.0 cm³/mol. The molecule has 0 aliphatic rings. The Kier molecular flexibility index (Phi) is 3.33. The number of hydrogen-bond acceptors (Lipinski definition) is 8. The molecule has 0 unspecified atom stereocenters. The van der Waals surface area contributed by atoms with Gasteiger partial charge in [-0.3, -0.25) is 0 Å². The summed E-state index contributed by atoms with van der Waals surface area (Å²) in [6, 6.07) is 6.26. The molecule has 2 aromatic heterocycles. The molecule has 3 aromatic rings. The lowest BCUT2D eigenvalue weighted by Crippen LogP contribution is -1.89. The molecular weight excluding hydrogens is 285 g/mol. The predicted octanol–water partition coefficient (Wildman–Crippen LogP) is 2.13. The lowest BCUT2D eigenvalue weighted by atomic mass is 10.4. The molecule has 0 bridgehead atoms. The van der Waals surface area contributed by atoms with E-state index in [0.29, 0.717) is 11.6 Å². The van der Waals surface area contributed by atoms with Crippen molar-refractivity contribution in [3.05, 3.63) is 35.9 Å². The van der Waals surface area contributed by atoms with Gasteiger partial charge in [-0.15, -0.1) is 11.8 Å². The lowest BCUT2D eigenvalue weighted by molar-refractivity contribution is 0.308. The molecule has 0 aliphatic carbocycles. The second kappa shape index (κ2) is 5.29. The number of benzene rings is 1. The first-order chi connectivity index (χ1) is 9.72. The Morgan fingerprint density at radius 2 is 2.15 bits per heavy atom. The molecule has 0 radical (unpaired) electrons. The molecule has 0 amide bonds. The van der Waals surface area contributed by atoms with Gasteiger partial charge in [-0.1, -0.05) is 11.2 Å². The molecular formula is C11H8FN5O2S. The zero-order valence-electron chi connectivity index (χ0n) is 9.99. The Bertz CT molecular complexity index is 729. The Morgan fingerprint density at radius 1 is 1.25 bits per heavy atom. The van der Waals surface area contributed by atoms with Crippen molar-refractivity contribution < 1.29 is 13.5 Å². The van der Waals surface area contributed by atoms with Crippen LogP contribution in [0.3, 0.4) is 0 Å². The van der Waals surface area contributed by atoms with Gasteiger partial charge in [0, 0.05) is 4.90 Å². The van der Waals surface area contributed by atoms with E-state index in [1.54, 1.807) is 12.1 Å². The van der Waals surface area contributed by atoms with E-state index in [1.165, 1.54) is 23.9 Å². The van der Waals surface area contributed by atoms with E-state index in [2.05, 4.69) is 25.1 Å². The van der Waals surface area contributed by atoms with Gasteiger partial charge >= 0.3 is 0 Å². The minimum Gasteiger partial charge on any atom is -0.379 e. The molecule has 7 nitrogen and oxygen atoms in total. The zero-order valence-corrected chi connectivity index (χ0v) is 10.8. The maximum Gasteiger partial charge on any atom is 0.284 e. The molecule has 2 N–H and O–H groups in total. The number of nitrogens with two attached hydrogens (primary N) is 1. The van der Waals surface area contributed by atoms with Gasteiger partial charge in [-0.25, -0.2) is 9.02 Å². The van der Waals surface area contributed by atoms with Gasteiger partial charge in [0.1, 0.15) is 5.82 Å². The van der Waals surface area contributed by atoms with Crippen LogP contribution < -0.4 is 5.73 Å². The number of anilines is 1. The number of halogens is 1. The summed E-state index contributed by atoms with van der Waals surface area (Å²) >= 11 is 1.39. The van der Waals surface area contributed by atoms with Crippen molar-refractivity contribution >= 4 is 17.6 Å². The van der Waals surface area contributed by atoms with Gasteiger partial charge in [-0.2, -0.15) is 4.98 Å². The third-order valence-electron chi connectivity index (χ3n) is 2.35. The van der Waals surface area contributed by atoms with Gasteiger partial charge < -0.3 is 10.3 Å². The third kappa shape index (κ3) is 2.62. The Hall–Kier alpha value is -2.42. The fraction of sp³-hybridized carbons (Fsp3) is 0.0909. The standard InChI is InChI=1S/C11H8FN5O2S/c12-6-2-1-3-7(4-6)20-5-8-14-11(18-15-8)9-10(13)17-19-16-9/h1-4H,5H2,(H2,13,17). The molecule has 102 valence electrons. The lowest BCUT2D eigenvalue weighted by Gasteiger charge is -1.97. The summed E-state index contributed by atoms with van der Waals surface area (Å²) < 4.78 is 22.5. The number of nitrogens with zero attached hydrogens (tertiary/aromatic N) is 4. The van der Waals surface area contributed by atoms with Crippen molar-refractivity contribution in [2.45, 2.75) is 10.6 Å². The summed E-state index contributed by atoms with van der Waals surface area (Å²) in [6.45, 7) is 0. The summed E-state index contributed by atoms with van der Waals surface area (Å²) in [4.78, 5) is 4.89. The SMILES string of the molecule is Nc1nonc1-c1nc(CSc2cccc(F)c2)no1. The van der Waals surface area contributed by atoms with Crippen LogP contribution in [-0.4, -0.2) is 20.5 Å². The van der Waals surface area contributed by atoms with Gasteiger partial charge in [0.15, 0.2) is 5.82 Å². The largest absolute Gasteiger partial charge is 0.379 e. The van der Waals surface area contributed by atoms with Crippen molar-refractivity contribution in [1.29, 1.82) is 0 Å². The number of aromatic nitrogens is 4. The highest BCUT2D eigenvalue weighted by atomic mass is 32.2. The summed E-state index contributed by atoms with van der Waals surface area (Å²) in [5.41, 5.74) is 5.73. The average Bonchev–Trinajstić information content (AvgIpc) is 3.05. The zero-order chi connectivity index (χ0) is 13.9. The van der Waals surface area contributed by atoms with Crippen molar-refractivity contribution in [3.8, 4) is 11.6 Å². The minimum atomic E-state index is -0.287. The second-order valence-corrected chi connectivity index (χ2v) is 4.81. The molecule has 2 heterocycles. The first kappa shape index (κ1) is 12.6. The highest BCUT2D eigenvalue weighted by molar-refractivity contribution is 7.98. The third-order valence-corrected chi connectivity index (χ3v) is 3.34. The topological polar surface area (TPSA) is 104 Å². The molecule has 0 fully saturated rings. The van der Waals surface area contributed by atoms with E-state index in [4.69, 9.17) is 10.3 Å². The van der Waals surface area contributed by atoms with Crippen LogP contribution in [0.2, 0.25) is 0 Å². The highest BCUT2D eigenvalue weighted by Crippen LogP contribution is 2.24. The van der Waals surface area contributed by atoms with Crippen molar-refractivity contribution in [2.24, 2.45) is 0 Å². The first-order valence-electron chi connectivity index (χ1n) is 5.52. The quantitative estimate of drug-likeness (QED) is 0.729. The Morgan fingerprint density at radius 3 is 2.90 bits per heavy atom. The number of thioether (sulfide) groups is 1. The van der Waals surface area contributed by atoms with Crippen LogP contribution in [0.25, 0.3) is 11.6 Å². The van der Waals surface area contributed by atoms with Crippen LogP contribution in [0, 0.1) is 5.82 Å². The summed E-state index contributed by atoms with van der Waals surface area (Å²) in [7, 11) is 0. The molecule has 0 saturated carbocycles. The van der Waals surface area contributed by atoms with E-state index in [1.807, 2.05) is 0 Å². The van der Waals surface area contributed by atoms with Crippen LogP contribution >= 0.6 is 11.8 Å². The fourth-order valence-electron chi connectivity index (χ4n) is 1.46. The molecule has 20 heavy (non-hydrogen) atoms. The number of nitrogen functional groups attached to an aromatic ring is 1. The summed E-state index contributed by atoms with van der Waals surface area (Å²) in [5.74, 6) is 0.802. The minimum absolute atomic E-state index is 0.0815. The maximum absolute atomic E-state index is 13.0. The molecule has 3 rings (SSSR count). The van der Waals surface area contributed by atoms with Crippen LogP contribution in [-0.2, 0) is 5.75 Å². The molecule has 0 spiro atoms. The van der Waals surface area contributed by atoms with Gasteiger partial charge in [0.25, 0.3) is 5.89 Å². The second-order valence-electron chi connectivity index (χ2n) is 3.76. The molecule has 0 atom stereocenters.